The van der Waals surface area contributed by atoms with Crippen molar-refractivity contribution in [2.45, 2.75) is 0 Å². The van der Waals surface area contributed by atoms with Crippen LogP contribution in [-0.4, -0.2) is 4.98 Å². The summed E-state index contributed by atoms with van der Waals surface area (Å²) in [6, 6.07) is 13.4. The van der Waals surface area contributed by atoms with Crippen LogP contribution in [0.4, 0.5) is 0 Å². The first-order valence-corrected chi connectivity index (χ1v) is 5.77. The molecule has 3 rings (SSSR count). The van der Waals surface area contributed by atoms with E-state index in [2.05, 4.69) is 23.2 Å². The van der Waals surface area contributed by atoms with Gasteiger partial charge in [0.2, 0.25) is 0 Å². The van der Waals surface area contributed by atoms with Gasteiger partial charge in [-0.3, -0.25) is 4.98 Å². The molecule has 0 aliphatic carbocycles. The molecule has 4 heteroatoms. The van der Waals surface area contributed by atoms with Gasteiger partial charge in [-0.15, -0.1) is 5.56 Å². The van der Waals surface area contributed by atoms with E-state index in [4.69, 9.17) is 4.42 Å². The summed E-state index contributed by atoms with van der Waals surface area (Å²) in [7, 11) is 0. The Morgan fingerprint density at radius 2 is 2.00 bits per heavy atom. The van der Waals surface area contributed by atoms with Crippen molar-refractivity contribution in [3.8, 4) is 21.9 Å². The largest absolute Gasteiger partial charge is 0.503 e. The Balaban J connectivity index is 0.00000108. The van der Waals surface area contributed by atoms with Crippen LogP contribution >= 0.6 is 11.3 Å². The first-order chi connectivity index (χ1) is 7.95. The Morgan fingerprint density at radius 1 is 1.18 bits per heavy atom. The number of rotatable bonds is 2. The van der Waals surface area contributed by atoms with Crippen LogP contribution in [0.1, 0.15) is 0 Å². The van der Waals surface area contributed by atoms with Crippen molar-refractivity contribution in [1.29, 1.82) is 0 Å². The maximum Gasteiger partial charge on any atom is 0.112 e. The predicted octanol–water partition coefficient (Wildman–Crippen LogP) is 3.87. The summed E-state index contributed by atoms with van der Waals surface area (Å²) in [5, 5.41) is 1.93. The van der Waals surface area contributed by atoms with Crippen LogP contribution in [0.5, 0.6) is 0 Å². The summed E-state index contributed by atoms with van der Waals surface area (Å²) in [6.07, 6.45) is 3.23. The van der Waals surface area contributed by atoms with E-state index in [1.165, 1.54) is 5.56 Å². The van der Waals surface area contributed by atoms with E-state index >= 15 is 0 Å². The normalized spacial score (nSPS) is 9.88. The van der Waals surface area contributed by atoms with E-state index in [0.717, 1.165) is 10.4 Å². The standard InChI is InChI=1S/C13H8NOS.Ir/c1-2-4-10(5-3-1)12-11(6-9-16-12)13-14-7-8-15-13;/h1-5,7-9H;/q-1;. The summed E-state index contributed by atoms with van der Waals surface area (Å²) < 4.78 is 5.30. The van der Waals surface area contributed by atoms with Gasteiger partial charge in [-0.05, 0) is 0 Å². The van der Waals surface area contributed by atoms with Crippen molar-refractivity contribution < 1.29 is 24.5 Å². The van der Waals surface area contributed by atoms with Gasteiger partial charge in [0.05, 0.1) is 6.26 Å². The molecular weight excluding hydrogens is 410 g/mol. The molecule has 0 aliphatic heterocycles. The summed E-state index contributed by atoms with van der Waals surface area (Å²) >= 11 is 1.65. The average molecular weight is 418 g/mol. The molecule has 3 aromatic rings. The van der Waals surface area contributed by atoms with E-state index in [-0.39, 0.29) is 20.1 Å². The van der Waals surface area contributed by atoms with Gasteiger partial charge in [-0.25, -0.2) is 11.3 Å². The number of hydrogen-bond acceptors (Lipinski definition) is 3. The zero-order valence-electron chi connectivity index (χ0n) is 8.72. The van der Waals surface area contributed by atoms with Crippen LogP contribution < -0.4 is 0 Å². The molecule has 2 nitrogen and oxygen atoms in total. The molecule has 1 aromatic carbocycles. The summed E-state index contributed by atoms with van der Waals surface area (Å²) in [4.78, 5) is 5.30. The molecule has 17 heavy (non-hydrogen) atoms. The van der Waals surface area contributed by atoms with Crippen molar-refractivity contribution in [3.63, 3.8) is 0 Å². The molecule has 2 aromatic heterocycles. The molecule has 0 atom stereocenters. The molecule has 2 heterocycles. The van der Waals surface area contributed by atoms with Gasteiger partial charge in [0.1, 0.15) is 5.89 Å². The van der Waals surface area contributed by atoms with E-state index in [0.29, 0.717) is 5.89 Å². The smallest absolute Gasteiger partial charge is 0.112 e. The minimum absolute atomic E-state index is 0. The molecule has 0 amide bonds. The van der Waals surface area contributed by atoms with Crippen molar-refractivity contribution in [2.24, 2.45) is 0 Å². The Kier molecular flexibility index (Phi) is 3.89. The van der Waals surface area contributed by atoms with Crippen LogP contribution in [0.25, 0.3) is 21.9 Å². The van der Waals surface area contributed by atoms with Gasteiger partial charge >= 0.3 is 0 Å². The molecule has 87 valence electrons. The fourth-order valence-corrected chi connectivity index (χ4v) is 2.41. The van der Waals surface area contributed by atoms with Crippen LogP contribution in [0.15, 0.2) is 52.6 Å². The SMILES string of the molecule is [Ir].[c-]1csc(-c2ccccc2)c1-c1ncco1. The number of hydrogen-bond donors (Lipinski definition) is 0. The minimum Gasteiger partial charge on any atom is -0.503 e. The van der Waals surface area contributed by atoms with Crippen LogP contribution in [-0.2, 0) is 20.1 Å². The Bertz CT molecular complexity index is 575. The number of thiophene rings is 1. The fourth-order valence-electron chi connectivity index (χ4n) is 1.58. The summed E-state index contributed by atoms with van der Waals surface area (Å²) in [5.74, 6) is 0.625. The number of oxazole rings is 1. The molecule has 0 saturated heterocycles. The Labute approximate surface area is 117 Å². The maximum absolute atomic E-state index is 5.30. The molecule has 0 N–H and O–H groups in total. The average Bonchev–Trinajstić information content (AvgIpc) is 3.01. The van der Waals surface area contributed by atoms with Gasteiger partial charge in [0.25, 0.3) is 0 Å². The second kappa shape index (κ2) is 5.41. The molecule has 1 radical (unpaired) electrons. The first-order valence-electron chi connectivity index (χ1n) is 4.89. The molecule has 0 fully saturated rings. The maximum atomic E-state index is 5.30. The fraction of sp³-hybridized carbons (Fsp3) is 0. The third-order valence-corrected chi connectivity index (χ3v) is 3.20. The number of benzene rings is 1. The van der Waals surface area contributed by atoms with E-state index in [9.17, 15) is 0 Å². The molecular formula is C13H8IrNOS-. The third kappa shape index (κ3) is 2.39. The minimum atomic E-state index is 0. The van der Waals surface area contributed by atoms with Crippen molar-refractivity contribution in [3.05, 3.63) is 54.2 Å². The van der Waals surface area contributed by atoms with E-state index in [1.807, 2.05) is 23.6 Å². The Morgan fingerprint density at radius 3 is 2.71 bits per heavy atom. The van der Waals surface area contributed by atoms with Gasteiger partial charge in [-0.1, -0.05) is 46.2 Å². The molecule has 0 aliphatic rings. The van der Waals surface area contributed by atoms with Crippen molar-refractivity contribution in [1.82, 2.24) is 4.98 Å². The van der Waals surface area contributed by atoms with Gasteiger partial charge < -0.3 is 4.42 Å². The zero-order valence-corrected chi connectivity index (χ0v) is 11.9. The summed E-state index contributed by atoms with van der Waals surface area (Å²) in [6.45, 7) is 0. The van der Waals surface area contributed by atoms with Crippen LogP contribution in [0, 0.1) is 6.07 Å². The van der Waals surface area contributed by atoms with Gasteiger partial charge in [0.15, 0.2) is 0 Å². The summed E-state index contributed by atoms with van der Waals surface area (Å²) in [5.41, 5.74) is 2.10. The van der Waals surface area contributed by atoms with E-state index in [1.54, 1.807) is 23.8 Å². The third-order valence-electron chi connectivity index (χ3n) is 2.29. The monoisotopic (exact) mass is 419 g/mol. The molecule has 0 saturated carbocycles. The second-order valence-electron chi connectivity index (χ2n) is 3.29. The first kappa shape index (κ1) is 12.2. The zero-order chi connectivity index (χ0) is 10.8. The molecule has 0 bridgehead atoms. The number of nitrogens with zero attached hydrogens (tertiary/aromatic N) is 1. The molecule has 0 unspecified atom stereocenters. The van der Waals surface area contributed by atoms with Crippen LogP contribution in [0.3, 0.4) is 0 Å². The van der Waals surface area contributed by atoms with Gasteiger partial charge in [0, 0.05) is 26.3 Å². The predicted molar refractivity (Wildman–Crippen MR) is 64.1 cm³/mol. The van der Waals surface area contributed by atoms with Crippen LogP contribution in [0.2, 0.25) is 0 Å². The molecule has 0 spiro atoms. The second-order valence-corrected chi connectivity index (χ2v) is 4.17. The van der Waals surface area contributed by atoms with Crippen molar-refractivity contribution in [2.75, 3.05) is 0 Å². The quantitative estimate of drug-likeness (QED) is 0.591. The van der Waals surface area contributed by atoms with Gasteiger partial charge in [-0.2, -0.15) is 6.07 Å². The van der Waals surface area contributed by atoms with Crippen molar-refractivity contribution >= 4 is 11.3 Å². The Hall–Kier alpha value is -1.22. The van der Waals surface area contributed by atoms with E-state index < -0.39 is 0 Å². The number of aromatic nitrogens is 1. The topological polar surface area (TPSA) is 26.0 Å².